The van der Waals surface area contributed by atoms with Gasteiger partial charge in [-0.2, -0.15) is 15.0 Å². The van der Waals surface area contributed by atoms with Crippen LogP contribution in [0, 0.1) is 0 Å². The topological polar surface area (TPSA) is 83.4 Å². The molecule has 0 saturated carbocycles. The van der Waals surface area contributed by atoms with Crippen molar-refractivity contribution in [2.75, 3.05) is 30.4 Å². The summed E-state index contributed by atoms with van der Waals surface area (Å²) in [5.41, 5.74) is -0.606. The van der Waals surface area contributed by atoms with Crippen LogP contribution in [0.25, 0.3) is 0 Å². The number of hydrogen-bond acceptors (Lipinski definition) is 7. The van der Waals surface area contributed by atoms with Crippen LogP contribution in [0.3, 0.4) is 0 Å². The summed E-state index contributed by atoms with van der Waals surface area (Å²) in [6, 6.07) is 0.329. The van der Waals surface area contributed by atoms with Crippen LogP contribution in [0.2, 0.25) is 0 Å². The third-order valence-electron chi connectivity index (χ3n) is 3.51. The molecule has 1 aromatic heterocycles. The van der Waals surface area contributed by atoms with Crippen molar-refractivity contribution in [1.82, 2.24) is 15.0 Å². The van der Waals surface area contributed by atoms with Gasteiger partial charge in [-0.1, -0.05) is 0 Å². The largest absolute Gasteiger partial charge is 0.461 e. The molecule has 1 unspecified atom stereocenters. The number of nitrogens with one attached hydrogen (secondary N) is 1. The molecular weight excluding hydrogens is 270 g/mol. The molecule has 1 aliphatic rings. The Hall–Kier alpha value is -1.63. The van der Waals surface area contributed by atoms with Gasteiger partial charge in [0, 0.05) is 20.1 Å². The molecule has 7 heteroatoms. The van der Waals surface area contributed by atoms with E-state index in [0.717, 1.165) is 25.9 Å². The van der Waals surface area contributed by atoms with E-state index >= 15 is 0 Å². The van der Waals surface area contributed by atoms with Gasteiger partial charge in [0.05, 0.1) is 11.7 Å². The fraction of sp³-hybridized carbons (Fsp3) is 0.786. The molecule has 1 saturated heterocycles. The number of rotatable bonds is 4. The zero-order valence-corrected chi connectivity index (χ0v) is 13.3. The maximum atomic E-state index is 10.2. The van der Waals surface area contributed by atoms with Crippen molar-refractivity contribution in [3.63, 3.8) is 0 Å². The summed E-state index contributed by atoms with van der Waals surface area (Å²) in [5, 5.41) is 13.1. The van der Waals surface area contributed by atoms with Gasteiger partial charge in [0.2, 0.25) is 11.9 Å². The summed E-state index contributed by atoms with van der Waals surface area (Å²) in [5.74, 6) is 1.09. The van der Waals surface area contributed by atoms with Gasteiger partial charge in [0.25, 0.3) is 0 Å². The van der Waals surface area contributed by atoms with Crippen LogP contribution in [0.4, 0.5) is 11.9 Å². The van der Waals surface area contributed by atoms with Crippen LogP contribution < -0.4 is 15.0 Å². The Balaban J connectivity index is 2.21. The Morgan fingerprint density at radius 1 is 1.24 bits per heavy atom. The van der Waals surface area contributed by atoms with Crippen molar-refractivity contribution < 1.29 is 9.84 Å². The zero-order chi connectivity index (χ0) is 15.5. The summed E-state index contributed by atoms with van der Waals surface area (Å²) < 4.78 is 5.58. The van der Waals surface area contributed by atoms with E-state index in [1.807, 2.05) is 20.8 Å². The number of anilines is 2. The van der Waals surface area contributed by atoms with Crippen molar-refractivity contribution in [3.05, 3.63) is 0 Å². The maximum absolute atomic E-state index is 10.2. The fourth-order valence-corrected chi connectivity index (χ4v) is 2.33. The van der Waals surface area contributed by atoms with Crippen LogP contribution >= 0.6 is 0 Å². The van der Waals surface area contributed by atoms with Gasteiger partial charge in [-0.25, -0.2) is 0 Å². The predicted octanol–water partition coefficient (Wildman–Crippen LogP) is 1.44. The second-order valence-corrected chi connectivity index (χ2v) is 6.00. The molecule has 2 rings (SSSR count). The zero-order valence-electron chi connectivity index (χ0n) is 13.3. The van der Waals surface area contributed by atoms with Crippen molar-refractivity contribution in [1.29, 1.82) is 0 Å². The lowest BCUT2D eigenvalue weighted by molar-refractivity contribution is 0.0481. The molecule has 1 fully saturated rings. The first kappa shape index (κ1) is 15.8. The highest BCUT2D eigenvalue weighted by Gasteiger charge is 2.26. The van der Waals surface area contributed by atoms with Crippen LogP contribution in [-0.4, -0.2) is 51.9 Å². The normalized spacial score (nSPS) is 23.0. The molecule has 1 aliphatic heterocycles. The van der Waals surface area contributed by atoms with E-state index in [0.29, 0.717) is 24.3 Å². The molecule has 2 heterocycles. The van der Waals surface area contributed by atoms with Gasteiger partial charge in [-0.05, 0) is 40.0 Å². The summed E-state index contributed by atoms with van der Waals surface area (Å²) in [7, 11) is 1.77. The summed E-state index contributed by atoms with van der Waals surface area (Å²) in [6.07, 6.45) is 2.42. The van der Waals surface area contributed by atoms with Gasteiger partial charge in [0.1, 0.15) is 0 Å². The molecular formula is C14H25N5O2. The SMILES string of the molecule is CNc1nc(OC(C)C)nc(N2CCCC(C)(O)CC2)n1. The second kappa shape index (κ2) is 6.43. The number of hydrogen-bond donors (Lipinski definition) is 2. The standard InChI is InChI=1S/C14H25N5O2/c1-10(2)21-13-17-11(15-4)16-12(18-13)19-8-5-6-14(3,20)7-9-19/h10,20H,5-9H2,1-4H3,(H,15,16,17,18). The molecule has 1 aromatic rings. The third kappa shape index (κ3) is 4.42. The summed E-state index contributed by atoms with van der Waals surface area (Å²) in [4.78, 5) is 15.1. The van der Waals surface area contributed by atoms with E-state index in [4.69, 9.17) is 4.74 Å². The van der Waals surface area contributed by atoms with Gasteiger partial charge < -0.3 is 20.1 Å². The first-order chi connectivity index (χ1) is 9.89. The molecule has 0 amide bonds. The molecule has 0 radical (unpaired) electrons. The minimum atomic E-state index is -0.606. The highest BCUT2D eigenvalue weighted by molar-refractivity contribution is 5.38. The van der Waals surface area contributed by atoms with Gasteiger partial charge >= 0.3 is 6.01 Å². The Morgan fingerprint density at radius 2 is 2.00 bits per heavy atom. The van der Waals surface area contributed by atoms with Crippen LogP contribution in [0.15, 0.2) is 0 Å². The van der Waals surface area contributed by atoms with Crippen molar-refractivity contribution in [3.8, 4) is 6.01 Å². The lowest BCUT2D eigenvalue weighted by atomic mass is 9.98. The second-order valence-electron chi connectivity index (χ2n) is 6.00. The average Bonchev–Trinajstić information content (AvgIpc) is 2.58. The minimum absolute atomic E-state index is 0.00910. The summed E-state index contributed by atoms with van der Waals surface area (Å²) in [6.45, 7) is 7.30. The monoisotopic (exact) mass is 295 g/mol. The smallest absolute Gasteiger partial charge is 0.323 e. The van der Waals surface area contributed by atoms with Crippen LogP contribution in [0.1, 0.15) is 40.0 Å². The molecule has 0 aliphatic carbocycles. The van der Waals surface area contributed by atoms with E-state index in [2.05, 4.69) is 25.2 Å². The Labute approximate surface area is 125 Å². The van der Waals surface area contributed by atoms with Gasteiger partial charge in [0.15, 0.2) is 0 Å². The van der Waals surface area contributed by atoms with E-state index in [-0.39, 0.29) is 6.10 Å². The summed E-state index contributed by atoms with van der Waals surface area (Å²) >= 11 is 0. The third-order valence-corrected chi connectivity index (χ3v) is 3.51. The quantitative estimate of drug-likeness (QED) is 0.869. The number of aliphatic hydroxyl groups is 1. The Kier molecular flexibility index (Phi) is 4.82. The predicted molar refractivity (Wildman–Crippen MR) is 81.8 cm³/mol. The van der Waals surface area contributed by atoms with E-state index < -0.39 is 5.60 Å². The highest BCUT2D eigenvalue weighted by Crippen LogP contribution is 2.24. The van der Waals surface area contributed by atoms with Crippen molar-refractivity contribution in [2.45, 2.75) is 51.7 Å². The van der Waals surface area contributed by atoms with Crippen molar-refractivity contribution >= 4 is 11.9 Å². The molecule has 0 aromatic carbocycles. The number of nitrogens with zero attached hydrogens (tertiary/aromatic N) is 4. The lowest BCUT2D eigenvalue weighted by Gasteiger charge is -2.23. The van der Waals surface area contributed by atoms with Gasteiger partial charge in [-0.3, -0.25) is 0 Å². The molecule has 1 atom stereocenters. The lowest BCUT2D eigenvalue weighted by Crippen LogP contribution is -2.30. The average molecular weight is 295 g/mol. The molecule has 0 spiro atoms. The van der Waals surface area contributed by atoms with Crippen LogP contribution in [-0.2, 0) is 0 Å². The van der Waals surface area contributed by atoms with E-state index in [1.54, 1.807) is 7.05 Å². The molecule has 7 nitrogen and oxygen atoms in total. The Morgan fingerprint density at radius 3 is 2.67 bits per heavy atom. The van der Waals surface area contributed by atoms with E-state index in [1.165, 1.54) is 0 Å². The van der Waals surface area contributed by atoms with Crippen LogP contribution in [0.5, 0.6) is 6.01 Å². The van der Waals surface area contributed by atoms with E-state index in [9.17, 15) is 5.11 Å². The highest BCUT2D eigenvalue weighted by atomic mass is 16.5. The van der Waals surface area contributed by atoms with Crippen molar-refractivity contribution in [2.24, 2.45) is 0 Å². The number of aromatic nitrogens is 3. The molecule has 118 valence electrons. The fourth-order valence-electron chi connectivity index (χ4n) is 2.33. The van der Waals surface area contributed by atoms with Gasteiger partial charge in [-0.15, -0.1) is 0 Å². The molecule has 2 N–H and O–H groups in total. The first-order valence-electron chi connectivity index (χ1n) is 7.47. The minimum Gasteiger partial charge on any atom is -0.461 e. The Bertz CT molecular complexity index is 478. The first-order valence-corrected chi connectivity index (χ1v) is 7.47. The number of ether oxygens (including phenoxy) is 1. The molecule has 21 heavy (non-hydrogen) atoms. The molecule has 0 bridgehead atoms. The maximum Gasteiger partial charge on any atom is 0.323 e.